The Hall–Kier alpha value is -4.46. The van der Waals surface area contributed by atoms with Crippen LogP contribution in [0, 0.1) is 19.7 Å². The molecule has 2 aromatic carbocycles. The third-order valence-corrected chi connectivity index (χ3v) is 6.39. The van der Waals surface area contributed by atoms with E-state index in [1.54, 1.807) is 23.1 Å². The van der Waals surface area contributed by atoms with E-state index in [4.69, 9.17) is 5.10 Å². The quantitative estimate of drug-likeness (QED) is 0.407. The van der Waals surface area contributed by atoms with Gasteiger partial charge in [-0.1, -0.05) is 17.7 Å². The molecule has 174 valence electrons. The van der Waals surface area contributed by atoms with E-state index >= 15 is 0 Å². The second-order valence-corrected chi connectivity index (χ2v) is 8.88. The first-order valence-corrected chi connectivity index (χ1v) is 11.4. The van der Waals surface area contributed by atoms with E-state index in [2.05, 4.69) is 42.2 Å². The van der Waals surface area contributed by atoms with E-state index in [-0.39, 0.29) is 11.7 Å². The number of nitrogens with one attached hydrogen (secondary N) is 1. The summed E-state index contributed by atoms with van der Waals surface area (Å²) in [7, 11) is 0. The van der Waals surface area contributed by atoms with E-state index in [1.165, 1.54) is 17.7 Å². The highest BCUT2D eigenvalue weighted by molar-refractivity contribution is 5.93. The normalized spacial score (nSPS) is 12.8. The predicted molar refractivity (Wildman–Crippen MR) is 130 cm³/mol. The number of nitrogens with zero attached hydrogens (tertiary/aromatic N) is 5. The topological polar surface area (TPSA) is 71.7 Å². The molecule has 35 heavy (non-hydrogen) atoms. The van der Waals surface area contributed by atoms with Gasteiger partial charge >= 0.3 is 0 Å². The van der Waals surface area contributed by atoms with Crippen LogP contribution in [0.2, 0.25) is 0 Å². The minimum atomic E-state index is -0.313. The second-order valence-electron chi connectivity index (χ2n) is 8.88. The van der Waals surface area contributed by atoms with Crippen molar-refractivity contribution in [3.63, 3.8) is 0 Å². The molecule has 7 nitrogen and oxygen atoms in total. The summed E-state index contributed by atoms with van der Waals surface area (Å²) < 4.78 is 17.3. The molecule has 8 heteroatoms. The average Bonchev–Trinajstić information content (AvgIpc) is 3.62. The van der Waals surface area contributed by atoms with Gasteiger partial charge in [0.05, 0.1) is 30.2 Å². The number of amides is 1. The highest BCUT2D eigenvalue weighted by Crippen LogP contribution is 2.32. The molecule has 1 amide bonds. The molecule has 1 N–H and O–H groups in total. The maximum atomic E-state index is 13.3. The number of aryl methyl sites for hydroxylation is 2. The molecular formula is C27H23FN6O. The minimum absolute atomic E-state index is 0.152. The van der Waals surface area contributed by atoms with Gasteiger partial charge in [0.15, 0.2) is 0 Å². The largest absolute Gasteiger partial charge is 0.327 e. The van der Waals surface area contributed by atoms with Gasteiger partial charge in [-0.3, -0.25) is 9.89 Å². The van der Waals surface area contributed by atoms with Gasteiger partial charge in [0.2, 0.25) is 0 Å². The van der Waals surface area contributed by atoms with Crippen molar-refractivity contribution < 1.29 is 9.18 Å². The molecule has 0 saturated carbocycles. The van der Waals surface area contributed by atoms with Crippen molar-refractivity contribution >= 4 is 5.91 Å². The lowest BCUT2D eigenvalue weighted by molar-refractivity contribution is 0.0743. The molecule has 0 saturated heterocycles. The first kappa shape index (κ1) is 21.1. The SMILES string of the molecule is Cc1ccc(-n2nc3c(c2-n2cccc2)CN(C(=O)c2cc(-c4ccc(F)cc4)n[nH]2)C3)c(C)c1. The molecule has 0 spiro atoms. The molecule has 0 bridgehead atoms. The number of benzene rings is 2. The summed E-state index contributed by atoms with van der Waals surface area (Å²) in [5.41, 5.74) is 6.98. The number of aromatic amines is 1. The minimum Gasteiger partial charge on any atom is -0.327 e. The molecule has 4 heterocycles. The number of hydrogen-bond donors (Lipinski definition) is 1. The van der Waals surface area contributed by atoms with Gasteiger partial charge in [-0.15, -0.1) is 0 Å². The van der Waals surface area contributed by atoms with E-state index in [0.29, 0.717) is 24.5 Å². The third kappa shape index (κ3) is 3.63. The van der Waals surface area contributed by atoms with Crippen molar-refractivity contribution in [3.05, 3.63) is 107 Å². The van der Waals surface area contributed by atoms with Gasteiger partial charge in [0.25, 0.3) is 5.91 Å². The van der Waals surface area contributed by atoms with Gasteiger partial charge < -0.3 is 9.47 Å². The summed E-state index contributed by atoms with van der Waals surface area (Å²) >= 11 is 0. The number of rotatable bonds is 4. The molecule has 0 fully saturated rings. The van der Waals surface area contributed by atoms with Crippen LogP contribution in [0.15, 0.2) is 73.1 Å². The highest BCUT2D eigenvalue weighted by atomic mass is 19.1. The lowest BCUT2D eigenvalue weighted by Crippen LogP contribution is -2.26. The first-order valence-electron chi connectivity index (χ1n) is 11.4. The van der Waals surface area contributed by atoms with E-state index in [9.17, 15) is 9.18 Å². The number of fused-ring (bicyclic) bond motifs is 1. The molecular weight excluding hydrogens is 443 g/mol. The average molecular weight is 467 g/mol. The van der Waals surface area contributed by atoms with Crippen molar-refractivity contribution in [2.75, 3.05) is 0 Å². The zero-order valence-corrected chi connectivity index (χ0v) is 19.4. The zero-order valence-electron chi connectivity index (χ0n) is 19.4. The molecule has 6 rings (SSSR count). The Balaban J connectivity index is 1.32. The number of carbonyl (C=O) groups excluding carboxylic acids is 1. The van der Waals surface area contributed by atoms with Crippen LogP contribution in [0.3, 0.4) is 0 Å². The fourth-order valence-electron chi connectivity index (χ4n) is 4.67. The van der Waals surface area contributed by atoms with Gasteiger partial charge in [0.1, 0.15) is 17.3 Å². The van der Waals surface area contributed by atoms with E-state index in [1.807, 2.05) is 33.8 Å². The van der Waals surface area contributed by atoms with Crippen LogP contribution in [-0.2, 0) is 13.1 Å². The summed E-state index contributed by atoms with van der Waals surface area (Å²) in [5, 5.41) is 12.0. The zero-order chi connectivity index (χ0) is 24.1. The number of carbonyl (C=O) groups is 1. The van der Waals surface area contributed by atoms with Crippen LogP contribution in [0.25, 0.3) is 22.8 Å². The second kappa shape index (κ2) is 8.09. The van der Waals surface area contributed by atoms with Crippen molar-refractivity contribution in [1.82, 2.24) is 29.4 Å². The Morgan fingerprint density at radius 1 is 1.00 bits per heavy atom. The summed E-state index contributed by atoms with van der Waals surface area (Å²) in [4.78, 5) is 15.1. The van der Waals surface area contributed by atoms with E-state index < -0.39 is 0 Å². The van der Waals surface area contributed by atoms with Gasteiger partial charge in [0, 0.05) is 23.5 Å². The van der Waals surface area contributed by atoms with Crippen molar-refractivity contribution in [2.45, 2.75) is 26.9 Å². The lowest BCUT2D eigenvalue weighted by Gasteiger charge is -2.17. The Bertz CT molecular complexity index is 1550. The summed E-state index contributed by atoms with van der Waals surface area (Å²) in [5.74, 6) is 0.468. The maximum absolute atomic E-state index is 13.3. The monoisotopic (exact) mass is 466 g/mol. The summed E-state index contributed by atoms with van der Waals surface area (Å²) in [6.45, 7) is 5.01. The van der Waals surface area contributed by atoms with Crippen LogP contribution >= 0.6 is 0 Å². The van der Waals surface area contributed by atoms with Crippen molar-refractivity contribution in [1.29, 1.82) is 0 Å². The number of H-pyrrole nitrogens is 1. The molecule has 0 atom stereocenters. The standard InChI is InChI=1S/C27H23FN6O/c1-17-5-10-25(18(2)13-17)34-26(32-11-3-4-12-32)21-15-33(16-24(21)31-34)27(35)23-14-22(29-30-23)19-6-8-20(28)9-7-19/h3-14H,15-16H2,1-2H3,(H,29,30). The molecule has 0 aliphatic carbocycles. The van der Waals surface area contributed by atoms with Crippen LogP contribution < -0.4 is 0 Å². The van der Waals surface area contributed by atoms with Gasteiger partial charge in [-0.2, -0.15) is 10.2 Å². The van der Waals surface area contributed by atoms with Crippen LogP contribution in [0.1, 0.15) is 32.9 Å². The van der Waals surface area contributed by atoms with Crippen LogP contribution in [0.4, 0.5) is 4.39 Å². The molecule has 0 unspecified atom stereocenters. The fourth-order valence-corrected chi connectivity index (χ4v) is 4.67. The fraction of sp³-hybridized carbons (Fsp3) is 0.148. The first-order chi connectivity index (χ1) is 17.0. The van der Waals surface area contributed by atoms with Crippen molar-refractivity contribution in [2.24, 2.45) is 0 Å². The summed E-state index contributed by atoms with van der Waals surface area (Å²) in [6.07, 6.45) is 3.98. The van der Waals surface area contributed by atoms with Crippen LogP contribution in [-0.4, -0.2) is 35.4 Å². The third-order valence-electron chi connectivity index (χ3n) is 6.39. The Morgan fingerprint density at radius 3 is 2.51 bits per heavy atom. The molecule has 1 aliphatic heterocycles. The number of halogens is 1. The molecule has 5 aromatic rings. The Labute approximate surface area is 201 Å². The Morgan fingerprint density at radius 2 is 1.77 bits per heavy atom. The van der Waals surface area contributed by atoms with Crippen LogP contribution in [0.5, 0.6) is 0 Å². The van der Waals surface area contributed by atoms with Gasteiger partial charge in [-0.25, -0.2) is 9.07 Å². The highest BCUT2D eigenvalue weighted by Gasteiger charge is 2.32. The molecule has 3 aromatic heterocycles. The summed E-state index contributed by atoms with van der Waals surface area (Å²) in [6, 6.07) is 18.0. The predicted octanol–water partition coefficient (Wildman–Crippen LogP) is 4.97. The lowest BCUT2D eigenvalue weighted by atomic mass is 10.1. The maximum Gasteiger partial charge on any atom is 0.272 e. The smallest absolute Gasteiger partial charge is 0.272 e. The number of aromatic nitrogens is 5. The Kier molecular flexibility index (Phi) is 4.88. The van der Waals surface area contributed by atoms with E-state index in [0.717, 1.165) is 33.9 Å². The molecule has 1 aliphatic rings. The molecule has 0 radical (unpaired) electrons. The van der Waals surface area contributed by atoms with Gasteiger partial charge in [-0.05, 0) is 67.9 Å². The van der Waals surface area contributed by atoms with Crippen molar-refractivity contribution in [3.8, 4) is 22.8 Å². The number of hydrogen-bond acceptors (Lipinski definition) is 3.